The molecule has 1 aromatic carbocycles. The van der Waals surface area contributed by atoms with Crippen LogP contribution in [0.3, 0.4) is 0 Å². The van der Waals surface area contributed by atoms with E-state index in [-0.39, 0.29) is 17.9 Å². The van der Waals surface area contributed by atoms with Crippen LogP contribution in [0.1, 0.15) is 32.5 Å². The number of carboxylic acid groups (broad SMARTS) is 1. The Balaban J connectivity index is 2.02. The number of aromatic nitrogens is 2. The predicted molar refractivity (Wildman–Crippen MR) is 96.5 cm³/mol. The molecule has 0 aliphatic heterocycles. The Labute approximate surface area is 152 Å². The number of nitrogens with one attached hydrogen (secondary N) is 1. The second-order valence-electron chi connectivity index (χ2n) is 5.34. The van der Waals surface area contributed by atoms with Crippen molar-refractivity contribution in [1.82, 2.24) is 9.97 Å². The summed E-state index contributed by atoms with van der Waals surface area (Å²) in [6.07, 6.45) is 1.36. The van der Waals surface area contributed by atoms with E-state index in [4.69, 9.17) is 9.84 Å². The molecule has 0 atom stereocenters. The molecule has 0 amide bonds. The van der Waals surface area contributed by atoms with Crippen LogP contribution in [0, 0.1) is 6.92 Å². The summed E-state index contributed by atoms with van der Waals surface area (Å²) in [6, 6.07) is 4.11. The van der Waals surface area contributed by atoms with Crippen molar-refractivity contribution in [2.24, 2.45) is 0 Å². The molecule has 3 rings (SSSR count). The Hall–Kier alpha value is -3.20. The summed E-state index contributed by atoms with van der Waals surface area (Å²) < 4.78 is 5.06. The number of carbonyl (C=O) groups is 2. The zero-order valence-electron chi connectivity index (χ0n) is 13.9. The van der Waals surface area contributed by atoms with Crippen LogP contribution >= 0.6 is 11.3 Å². The second-order valence-corrected chi connectivity index (χ2v) is 6.34. The first kappa shape index (κ1) is 17.6. The molecule has 3 aromatic rings. The number of ether oxygens (including phenoxy) is 1. The largest absolute Gasteiger partial charge is 0.507 e. The number of hydrogen-bond donors (Lipinski definition) is 3. The van der Waals surface area contributed by atoms with Gasteiger partial charge in [-0.15, -0.1) is 11.3 Å². The number of carbonyl (C=O) groups excluding carboxylic acids is 1. The van der Waals surface area contributed by atoms with Gasteiger partial charge in [0.25, 0.3) is 0 Å². The lowest BCUT2D eigenvalue weighted by Crippen LogP contribution is -2.03. The first-order valence-corrected chi connectivity index (χ1v) is 8.48. The summed E-state index contributed by atoms with van der Waals surface area (Å²) in [6.45, 7) is 3.80. The summed E-state index contributed by atoms with van der Waals surface area (Å²) in [5, 5.41) is 22.5. The van der Waals surface area contributed by atoms with Crippen LogP contribution in [0.15, 0.2) is 24.5 Å². The van der Waals surface area contributed by atoms with Gasteiger partial charge < -0.3 is 20.3 Å². The number of anilines is 2. The fraction of sp³-hybridized carbons (Fsp3) is 0.176. The van der Waals surface area contributed by atoms with Crippen LogP contribution < -0.4 is 5.32 Å². The number of phenols is 1. The molecule has 3 N–H and O–H groups in total. The third kappa shape index (κ3) is 3.16. The number of benzene rings is 1. The molecule has 8 nitrogen and oxygen atoms in total. The van der Waals surface area contributed by atoms with Crippen molar-refractivity contribution in [3.05, 3.63) is 40.5 Å². The van der Waals surface area contributed by atoms with E-state index >= 15 is 0 Å². The first-order valence-electron chi connectivity index (χ1n) is 7.67. The molecule has 0 spiro atoms. The monoisotopic (exact) mass is 373 g/mol. The highest BCUT2D eigenvalue weighted by atomic mass is 32.1. The summed E-state index contributed by atoms with van der Waals surface area (Å²) in [5.74, 6) is -1.54. The van der Waals surface area contributed by atoms with E-state index in [1.54, 1.807) is 13.8 Å². The van der Waals surface area contributed by atoms with Gasteiger partial charge in [0.05, 0.1) is 12.0 Å². The number of aromatic carboxylic acids is 1. The molecule has 0 saturated carbocycles. The van der Waals surface area contributed by atoms with Crippen molar-refractivity contribution in [2.45, 2.75) is 13.8 Å². The molecular formula is C17H15N3O5S. The molecule has 2 heterocycles. The van der Waals surface area contributed by atoms with Crippen LogP contribution in [0.4, 0.5) is 11.5 Å². The minimum Gasteiger partial charge on any atom is -0.507 e. The zero-order chi connectivity index (χ0) is 18.8. The molecule has 9 heteroatoms. The maximum absolute atomic E-state index is 12.1. The average molecular weight is 373 g/mol. The predicted octanol–water partition coefficient (Wildman–Crippen LogP) is 3.32. The third-order valence-corrected chi connectivity index (χ3v) is 4.86. The van der Waals surface area contributed by atoms with Crippen LogP contribution in [-0.2, 0) is 4.74 Å². The number of carboxylic acids is 1. The summed E-state index contributed by atoms with van der Waals surface area (Å²) in [7, 11) is 0. The zero-order valence-corrected chi connectivity index (χ0v) is 14.8. The lowest BCUT2D eigenvalue weighted by Gasteiger charge is -2.09. The van der Waals surface area contributed by atoms with Crippen molar-refractivity contribution in [3.8, 4) is 5.75 Å². The molecule has 0 bridgehead atoms. The molecule has 134 valence electrons. The van der Waals surface area contributed by atoms with E-state index in [1.165, 1.54) is 35.9 Å². The third-order valence-electron chi connectivity index (χ3n) is 3.68. The number of aryl methyl sites for hydroxylation is 1. The lowest BCUT2D eigenvalue weighted by molar-refractivity contribution is 0.0531. The number of rotatable bonds is 5. The normalized spacial score (nSPS) is 10.7. The highest BCUT2D eigenvalue weighted by molar-refractivity contribution is 7.20. The number of esters is 1. The standard InChI is InChI=1S/C17H15N3O5S/c1-3-25-17(24)13-8(2)12-14(18-7-19-15(12)26-13)20-9-4-5-10(16(22)23)11(21)6-9/h4-7,21H,3H2,1-2H3,(H,22,23)(H,18,19,20). The van der Waals surface area contributed by atoms with Gasteiger partial charge in [0, 0.05) is 11.8 Å². The number of fused-ring (bicyclic) bond motifs is 1. The van der Waals surface area contributed by atoms with E-state index in [0.717, 1.165) is 0 Å². The maximum Gasteiger partial charge on any atom is 0.348 e. The van der Waals surface area contributed by atoms with Crippen LogP contribution in [0.25, 0.3) is 10.2 Å². The van der Waals surface area contributed by atoms with Gasteiger partial charge in [0.15, 0.2) is 0 Å². The molecule has 0 unspecified atom stereocenters. The van der Waals surface area contributed by atoms with Gasteiger partial charge in [-0.25, -0.2) is 19.6 Å². The van der Waals surface area contributed by atoms with Gasteiger partial charge in [-0.3, -0.25) is 0 Å². The van der Waals surface area contributed by atoms with Gasteiger partial charge >= 0.3 is 11.9 Å². The lowest BCUT2D eigenvalue weighted by atomic mass is 10.1. The highest BCUT2D eigenvalue weighted by Gasteiger charge is 2.20. The smallest absolute Gasteiger partial charge is 0.348 e. The van der Waals surface area contributed by atoms with Crippen molar-refractivity contribution in [2.75, 3.05) is 11.9 Å². The Bertz CT molecular complexity index is 1020. The summed E-state index contributed by atoms with van der Waals surface area (Å²) in [4.78, 5) is 32.5. The number of nitrogens with zero attached hydrogens (tertiary/aromatic N) is 2. The van der Waals surface area contributed by atoms with E-state index in [1.807, 2.05) is 0 Å². The minimum atomic E-state index is -1.22. The second kappa shape index (κ2) is 6.96. The Kier molecular flexibility index (Phi) is 4.72. The Morgan fingerprint density at radius 1 is 1.31 bits per heavy atom. The molecule has 0 aliphatic carbocycles. The molecule has 0 fully saturated rings. The van der Waals surface area contributed by atoms with Crippen molar-refractivity contribution >= 4 is 45.0 Å². The molecule has 2 aromatic heterocycles. The molecule has 26 heavy (non-hydrogen) atoms. The van der Waals surface area contributed by atoms with E-state index < -0.39 is 11.9 Å². The van der Waals surface area contributed by atoms with Crippen molar-refractivity contribution < 1.29 is 24.5 Å². The van der Waals surface area contributed by atoms with Gasteiger partial charge in [0.1, 0.15) is 33.2 Å². The van der Waals surface area contributed by atoms with E-state index in [0.29, 0.717) is 32.2 Å². The Morgan fingerprint density at radius 2 is 2.08 bits per heavy atom. The van der Waals surface area contributed by atoms with E-state index in [9.17, 15) is 14.7 Å². The van der Waals surface area contributed by atoms with Gasteiger partial charge in [0.2, 0.25) is 0 Å². The van der Waals surface area contributed by atoms with Gasteiger partial charge in [-0.2, -0.15) is 0 Å². The fourth-order valence-electron chi connectivity index (χ4n) is 2.48. The quantitative estimate of drug-likeness (QED) is 0.582. The topological polar surface area (TPSA) is 122 Å². The van der Waals surface area contributed by atoms with Crippen LogP contribution in [0.5, 0.6) is 5.75 Å². The molecule has 0 aliphatic rings. The minimum absolute atomic E-state index is 0.195. The Morgan fingerprint density at radius 3 is 2.73 bits per heavy atom. The molecule has 0 radical (unpaired) electrons. The van der Waals surface area contributed by atoms with Gasteiger partial charge in [-0.05, 0) is 31.5 Å². The van der Waals surface area contributed by atoms with Crippen molar-refractivity contribution in [1.29, 1.82) is 0 Å². The van der Waals surface area contributed by atoms with Crippen LogP contribution in [-0.4, -0.2) is 38.7 Å². The number of aromatic hydroxyl groups is 1. The van der Waals surface area contributed by atoms with Crippen molar-refractivity contribution in [3.63, 3.8) is 0 Å². The summed E-state index contributed by atoms with van der Waals surface area (Å²) >= 11 is 1.21. The SMILES string of the molecule is CCOC(=O)c1sc2ncnc(Nc3ccc(C(=O)O)c(O)c3)c2c1C. The van der Waals surface area contributed by atoms with E-state index in [2.05, 4.69) is 15.3 Å². The number of hydrogen-bond acceptors (Lipinski definition) is 8. The molecular weight excluding hydrogens is 358 g/mol. The van der Waals surface area contributed by atoms with Crippen LogP contribution in [0.2, 0.25) is 0 Å². The highest BCUT2D eigenvalue weighted by Crippen LogP contribution is 2.35. The first-order chi connectivity index (χ1) is 12.4. The molecule has 0 saturated heterocycles. The summed E-state index contributed by atoms with van der Waals surface area (Å²) in [5.41, 5.74) is 0.952. The average Bonchev–Trinajstić information content (AvgIpc) is 2.93. The fourth-order valence-corrected chi connectivity index (χ4v) is 3.53. The van der Waals surface area contributed by atoms with Gasteiger partial charge in [-0.1, -0.05) is 0 Å². The number of thiophene rings is 1. The maximum atomic E-state index is 12.1.